The summed E-state index contributed by atoms with van der Waals surface area (Å²) in [5.74, 6) is 1.28. The molecular formula is C20H26ClIN4O2. The minimum atomic E-state index is -0.199. The molecule has 0 spiro atoms. The van der Waals surface area contributed by atoms with Gasteiger partial charge in [-0.3, -0.25) is 9.79 Å². The number of benzene rings is 2. The molecule has 2 aromatic rings. The highest BCUT2D eigenvalue weighted by Gasteiger charge is 2.09. The van der Waals surface area contributed by atoms with E-state index in [1.807, 2.05) is 25.1 Å². The lowest BCUT2D eigenvalue weighted by atomic mass is 10.1. The van der Waals surface area contributed by atoms with E-state index in [9.17, 15) is 4.79 Å². The second-order valence-electron chi connectivity index (χ2n) is 5.90. The van der Waals surface area contributed by atoms with E-state index in [1.54, 1.807) is 38.4 Å². The van der Waals surface area contributed by atoms with Crippen LogP contribution in [0.1, 0.15) is 21.5 Å². The third-order valence-electron chi connectivity index (χ3n) is 3.93. The third kappa shape index (κ3) is 7.20. The number of aryl methyl sites for hydroxylation is 1. The van der Waals surface area contributed by atoms with Crippen molar-refractivity contribution in [3.63, 3.8) is 0 Å². The van der Waals surface area contributed by atoms with Gasteiger partial charge in [0.1, 0.15) is 5.75 Å². The van der Waals surface area contributed by atoms with Gasteiger partial charge in [-0.15, -0.1) is 24.0 Å². The van der Waals surface area contributed by atoms with Crippen LogP contribution in [-0.4, -0.2) is 39.1 Å². The average Bonchev–Trinajstić information content (AvgIpc) is 2.68. The quantitative estimate of drug-likeness (QED) is 0.228. The summed E-state index contributed by atoms with van der Waals surface area (Å²) >= 11 is 6.02. The van der Waals surface area contributed by atoms with Crippen molar-refractivity contribution in [2.45, 2.75) is 13.5 Å². The topological polar surface area (TPSA) is 74.8 Å². The summed E-state index contributed by atoms with van der Waals surface area (Å²) < 4.78 is 5.41. The highest BCUT2D eigenvalue weighted by Crippen LogP contribution is 2.19. The van der Waals surface area contributed by atoms with Gasteiger partial charge < -0.3 is 20.7 Å². The summed E-state index contributed by atoms with van der Waals surface area (Å²) in [5, 5.41) is 9.66. The number of aliphatic imine (C=N–C) groups is 1. The lowest BCUT2D eigenvalue weighted by molar-refractivity contribution is 0.0954. The summed E-state index contributed by atoms with van der Waals surface area (Å²) in [4.78, 5) is 16.3. The first-order valence-corrected chi connectivity index (χ1v) is 9.03. The van der Waals surface area contributed by atoms with Crippen molar-refractivity contribution in [2.24, 2.45) is 4.99 Å². The van der Waals surface area contributed by atoms with Crippen molar-refractivity contribution >= 4 is 47.4 Å². The fourth-order valence-corrected chi connectivity index (χ4v) is 2.72. The molecule has 28 heavy (non-hydrogen) atoms. The predicted molar refractivity (Wildman–Crippen MR) is 125 cm³/mol. The van der Waals surface area contributed by atoms with Gasteiger partial charge in [-0.2, -0.15) is 0 Å². The van der Waals surface area contributed by atoms with E-state index in [0.29, 0.717) is 36.2 Å². The number of guanidine groups is 1. The second kappa shape index (κ2) is 12.5. The molecule has 152 valence electrons. The number of nitrogens with one attached hydrogen (secondary N) is 3. The van der Waals surface area contributed by atoms with E-state index in [2.05, 4.69) is 20.9 Å². The van der Waals surface area contributed by atoms with E-state index in [1.165, 1.54) is 0 Å². The Labute approximate surface area is 188 Å². The number of carbonyl (C=O) groups excluding carboxylic acids is 1. The van der Waals surface area contributed by atoms with Gasteiger partial charge in [-0.25, -0.2) is 0 Å². The van der Waals surface area contributed by atoms with Gasteiger partial charge in [0.05, 0.1) is 17.7 Å². The Morgan fingerprint density at radius 3 is 2.50 bits per heavy atom. The van der Waals surface area contributed by atoms with E-state index in [4.69, 9.17) is 16.3 Å². The van der Waals surface area contributed by atoms with Crippen LogP contribution in [-0.2, 0) is 6.54 Å². The molecule has 0 aromatic heterocycles. The molecule has 0 aliphatic rings. The summed E-state index contributed by atoms with van der Waals surface area (Å²) in [6.07, 6.45) is 0. The molecule has 0 aliphatic heterocycles. The Morgan fingerprint density at radius 1 is 1.11 bits per heavy atom. The largest absolute Gasteiger partial charge is 0.496 e. The number of methoxy groups -OCH3 is 1. The highest BCUT2D eigenvalue weighted by atomic mass is 127. The van der Waals surface area contributed by atoms with Gasteiger partial charge in [-0.1, -0.05) is 35.9 Å². The molecule has 0 saturated carbocycles. The lowest BCUT2D eigenvalue weighted by Crippen LogP contribution is -2.41. The Hall–Kier alpha value is -2.00. The minimum absolute atomic E-state index is 0. The Kier molecular flexibility index (Phi) is 10.7. The van der Waals surface area contributed by atoms with Gasteiger partial charge in [0.15, 0.2) is 5.96 Å². The van der Waals surface area contributed by atoms with Crippen LogP contribution >= 0.6 is 35.6 Å². The molecule has 6 nitrogen and oxygen atoms in total. The normalized spacial score (nSPS) is 10.6. The maximum atomic E-state index is 12.1. The zero-order valence-electron chi connectivity index (χ0n) is 16.2. The SMILES string of the molecule is CN=C(NCCNC(=O)c1ccccc1Cl)NCc1ccc(C)cc1OC.I. The van der Waals surface area contributed by atoms with E-state index in [0.717, 1.165) is 16.9 Å². The molecule has 0 radical (unpaired) electrons. The molecule has 1 amide bonds. The van der Waals surface area contributed by atoms with Crippen LogP contribution in [0.3, 0.4) is 0 Å². The van der Waals surface area contributed by atoms with Gasteiger partial charge in [0, 0.05) is 32.2 Å². The number of amides is 1. The van der Waals surface area contributed by atoms with E-state index in [-0.39, 0.29) is 29.9 Å². The number of carbonyl (C=O) groups is 1. The van der Waals surface area contributed by atoms with Crippen LogP contribution in [0.4, 0.5) is 0 Å². The number of ether oxygens (including phenoxy) is 1. The van der Waals surface area contributed by atoms with E-state index < -0.39 is 0 Å². The van der Waals surface area contributed by atoms with Gasteiger partial charge >= 0.3 is 0 Å². The fourth-order valence-electron chi connectivity index (χ4n) is 2.49. The zero-order chi connectivity index (χ0) is 19.6. The number of hydrogen-bond acceptors (Lipinski definition) is 3. The molecule has 8 heteroatoms. The maximum absolute atomic E-state index is 12.1. The lowest BCUT2D eigenvalue weighted by Gasteiger charge is -2.14. The third-order valence-corrected chi connectivity index (χ3v) is 4.26. The fraction of sp³-hybridized carbons (Fsp3) is 0.300. The van der Waals surface area contributed by atoms with Crippen molar-refractivity contribution < 1.29 is 9.53 Å². The van der Waals surface area contributed by atoms with Gasteiger partial charge in [-0.05, 0) is 30.7 Å². The molecule has 3 N–H and O–H groups in total. The highest BCUT2D eigenvalue weighted by molar-refractivity contribution is 14.0. The zero-order valence-corrected chi connectivity index (χ0v) is 19.3. The molecule has 0 heterocycles. The maximum Gasteiger partial charge on any atom is 0.252 e. The van der Waals surface area contributed by atoms with Gasteiger partial charge in [0.25, 0.3) is 5.91 Å². The van der Waals surface area contributed by atoms with Crippen molar-refractivity contribution in [3.05, 3.63) is 64.2 Å². The van der Waals surface area contributed by atoms with Crippen LogP contribution in [0.5, 0.6) is 5.75 Å². The van der Waals surface area contributed by atoms with Crippen LogP contribution in [0, 0.1) is 6.92 Å². The molecule has 0 atom stereocenters. The smallest absolute Gasteiger partial charge is 0.252 e. The summed E-state index contributed by atoms with van der Waals surface area (Å²) in [5.41, 5.74) is 2.65. The molecule has 2 aromatic carbocycles. The Balaban J connectivity index is 0.00000392. The first-order chi connectivity index (χ1) is 13.0. The molecule has 0 saturated heterocycles. The number of hydrogen-bond donors (Lipinski definition) is 3. The standard InChI is InChI=1S/C20H25ClN4O2.HI/c1-14-8-9-15(18(12-14)27-3)13-25-20(22-2)24-11-10-23-19(26)16-6-4-5-7-17(16)21;/h4-9,12H,10-11,13H2,1-3H3,(H,23,26)(H2,22,24,25);1H. The minimum Gasteiger partial charge on any atom is -0.496 e. The van der Waals surface area contributed by atoms with Crippen LogP contribution in [0.25, 0.3) is 0 Å². The molecule has 0 fully saturated rings. The number of halogens is 2. The van der Waals surface area contributed by atoms with Crippen molar-refractivity contribution in [2.75, 3.05) is 27.2 Å². The summed E-state index contributed by atoms with van der Waals surface area (Å²) in [6, 6.07) is 13.0. The van der Waals surface area contributed by atoms with Gasteiger partial charge in [0.2, 0.25) is 0 Å². The van der Waals surface area contributed by atoms with Crippen LogP contribution < -0.4 is 20.7 Å². The monoisotopic (exact) mass is 516 g/mol. The number of rotatable bonds is 7. The molecule has 0 aliphatic carbocycles. The summed E-state index contributed by atoms with van der Waals surface area (Å²) in [6.45, 7) is 3.58. The molecule has 0 unspecified atom stereocenters. The Morgan fingerprint density at radius 2 is 1.82 bits per heavy atom. The van der Waals surface area contributed by atoms with E-state index >= 15 is 0 Å². The summed E-state index contributed by atoms with van der Waals surface area (Å²) in [7, 11) is 3.36. The van der Waals surface area contributed by atoms with Crippen LogP contribution in [0.15, 0.2) is 47.5 Å². The predicted octanol–water partition coefficient (Wildman–Crippen LogP) is 3.37. The Bertz CT molecular complexity index is 815. The van der Waals surface area contributed by atoms with Crippen molar-refractivity contribution in [3.8, 4) is 5.75 Å². The molecular weight excluding hydrogens is 491 g/mol. The first-order valence-electron chi connectivity index (χ1n) is 8.66. The van der Waals surface area contributed by atoms with Crippen molar-refractivity contribution in [1.29, 1.82) is 0 Å². The second-order valence-corrected chi connectivity index (χ2v) is 6.31. The van der Waals surface area contributed by atoms with Crippen LogP contribution in [0.2, 0.25) is 5.02 Å². The average molecular weight is 517 g/mol. The van der Waals surface area contributed by atoms with Crippen molar-refractivity contribution in [1.82, 2.24) is 16.0 Å². The number of nitrogens with zero attached hydrogens (tertiary/aromatic N) is 1. The molecule has 2 rings (SSSR count). The molecule has 0 bridgehead atoms. The first kappa shape index (κ1) is 24.0.